The van der Waals surface area contributed by atoms with Crippen molar-refractivity contribution in [3.05, 3.63) is 59.9 Å². The molecule has 0 aliphatic heterocycles. The zero-order chi connectivity index (χ0) is 16.9. The third-order valence-electron chi connectivity index (χ3n) is 3.37. The van der Waals surface area contributed by atoms with Crippen molar-refractivity contribution in [2.24, 2.45) is 0 Å². The number of anilines is 2. The zero-order valence-corrected chi connectivity index (χ0v) is 14.8. The molecule has 1 atom stereocenters. The average molecular weight is 361 g/mol. The number of benzene rings is 2. The first kappa shape index (κ1) is 16.7. The van der Waals surface area contributed by atoms with E-state index in [0.717, 1.165) is 21.3 Å². The van der Waals surface area contributed by atoms with E-state index in [9.17, 15) is 4.39 Å². The normalized spacial score (nSPS) is 12.0. The topological polar surface area (TPSA) is 47.0 Å². The van der Waals surface area contributed by atoms with E-state index in [1.165, 1.54) is 23.5 Å². The summed E-state index contributed by atoms with van der Waals surface area (Å²) < 4.78 is 19.2. The summed E-state index contributed by atoms with van der Waals surface area (Å²) in [4.78, 5) is 0. The molecule has 7 heteroatoms. The van der Waals surface area contributed by atoms with Gasteiger partial charge in [0.25, 0.3) is 0 Å². The lowest BCUT2D eigenvalue weighted by Gasteiger charge is -2.09. The minimum absolute atomic E-state index is 0.165. The van der Waals surface area contributed by atoms with Crippen LogP contribution in [0.15, 0.2) is 52.9 Å². The summed E-state index contributed by atoms with van der Waals surface area (Å²) >= 11 is 3.07. The molecule has 3 aromatic rings. The van der Waals surface area contributed by atoms with Gasteiger partial charge in [-0.1, -0.05) is 47.4 Å². The molecule has 124 valence electrons. The van der Waals surface area contributed by atoms with Gasteiger partial charge in [-0.05, 0) is 36.8 Å². The van der Waals surface area contributed by atoms with Gasteiger partial charge >= 0.3 is 0 Å². The molecule has 0 aliphatic rings. The molecule has 0 amide bonds. The summed E-state index contributed by atoms with van der Waals surface area (Å²) in [7, 11) is 1.63. The van der Waals surface area contributed by atoms with Crippen LogP contribution in [0.25, 0.3) is 0 Å². The van der Waals surface area contributed by atoms with Crippen LogP contribution in [0.1, 0.15) is 17.7 Å². The third kappa shape index (κ3) is 4.04. The second kappa shape index (κ2) is 7.63. The fraction of sp³-hybridized carbons (Fsp3) is 0.176. The van der Waals surface area contributed by atoms with Crippen molar-refractivity contribution in [2.45, 2.75) is 16.5 Å². The van der Waals surface area contributed by atoms with Crippen LogP contribution in [0.2, 0.25) is 0 Å². The Morgan fingerprint density at radius 2 is 1.88 bits per heavy atom. The highest BCUT2D eigenvalue weighted by atomic mass is 32.2. The Morgan fingerprint density at radius 3 is 2.62 bits per heavy atom. The predicted octanol–water partition coefficient (Wildman–Crippen LogP) is 5.28. The molecule has 0 fully saturated rings. The standard InChI is InChI=1S/C17H16FN3OS2/c1-11(12-7-9-13(18)10-8-12)23-17-21-20-16(24-17)19-14-5-3-4-6-15(14)22-2/h3-11H,1-2H3,(H,19,20)/t11-/m1/s1. The molecular weight excluding hydrogens is 345 g/mol. The third-order valence-corrected chi connectivity index (χ3v) is 5.45. The van der Waals surface area contributed by atoms with Crippen molar-refractivity contribution < 1.29 is 9.13 Å². The van der Waals surface area contributed by atoms with Crippen LogP contribution in [0, 0.1) is 5.82 Å². The van der Waals surface area contributed by atoms with Gasteiger partial charge in [0.1, 0.15) is 11.6 Å². The number of nitrogens with one attached hydrogen (secondary N) is 1. The molecule has 0 saturated carbocycles. The molecule has 0 unspecified atom stereocenters. The number of hydrogen-bond donors (Lipinski definition) is 1. The number of methoxy groups -OCH3 is 1. The van der Waals surface area contributed by atoms with Gasteiger partial charge in [0.05, 0.1) is 12.8 Å². The fourth-order valence-electron chi connectivity index (χ4n) is 2.12. The van der Waals surface area contributed by atoms with Crippen molar-refractivity contribution in [1.29, 1.82) is 0 Å². The number of ether oxygens (including phenoxy) is 1. The van der Waals surface area contributed by atoms with E-state index in [4.69, 9.17) is 4.74 Å². The van der Waals surface area contributed by atoms with E-state index in [-0.39, 0.29) is 11.1 Å². The highest BCUT2D eigenvalue weighted by Gasteiger charge is 2.13. The predicted molar refractivity (Wildman–Crippen MR) is 96.9 cm³/mol. The molecule has 0 aliphatic carbocycles. The van der Waals surface area contributed by atoms with Gasteiger partial charge in [0.2, 0.25) is 5.13 Å². The Hall–Kier alpha value is -2.12. The van der Waals surface area contributed by atoms with E-state index in [2.05, 4.69) is 22.4 Å². The van der Waals surface area contributed by atoms with Gasteiger partial charge in [0.15, 0.2) is 4.34 Å². The van der Waals surface area contributed by atoms with Crippen LogP contribution in [-0.4, -0.2) is 17.3 Å². The Kier molecular flexibility index (Phi) is 5.32. The van der Waals surface area contributed by atoms with Crippen molar-refractivity contribution in [2.75, 3.05) is 12.4 Å². The van der Waals surface area contributed by atoms with Crippen LogP contribution in [0.3, 0.4) is 0 Å². The lowest BCUT2D eigenvalue weighted by atomic mass is 10.2. The number of hydrogen-bond acceptors (Lipinski definition) is 6. The van der Waals surface area contributed by atoms with E-state index in [1.807, 2.05) is 24.3 Å². The first-order valence-electron chi connectivity index (χ1n) is 7.31. The van der Waals surface area contributed by atoms with Gasteiger partial charge in [-0.3, -0.25) is 0 Å². The molecule has 0 saturated heterocycles. The van der Waals surface area contributed by atoms with Gasteiger partial charge < -0.3 is 10.1 Å². The number of para-hydroxylation sites is 2. The molecule has 24 heavy (non-hydrogen) atoms. The van der Waals surface area contributed by atoms with Crippen LogP contribution >= 0.6 is 23.1 Å². The minimum atomic E-state index is -0.227. The molecule has 0 spiro atoms. The summed E-state index contributed by atoms with van der Waals surface area (Å²) in [6.07, 6.45) is 0. The molecule has 3 rings (SSSR count). The first-order chi connectivity index (χ1) is 11.7. The summed E-state index contributed by atoms with van der Waals surface area (Å²) in [5, 5.41) is 12.5. The molecule has 2 aromatic carbocycles. The van der Waals surface area contributed by atoms with Gasteiger partial charge in [0, 0.05) is 5.25 Å². The molecule has 0 bridgehead atoms. The first-order valence-corrected chi connectivity index (χ1v) is 9.01. The zero-order valence-electron chi connectivity index (χ0n) is 13.2. The van der Waals surface area contributed by atoms with E-state index in [0.29, 0.717) is 5.13 Å². The van der Waals surface area contributed by atoms with Gasteiger partial charge in [-0.25, -0.2) is 4.39 Å². The lowest BCUT2D eigenvalue weighted by molar-refractivity contribution is 0.417. The highest BCUT2D eigenvalue weighted by molar-refractivity contribution is 8.01. The number of thioether (sulfide) groups is 1. The van der Waals surface area contributed by atoms with E-state index < -0.39 is 0 Å². The maximum absolute atomic E-state index is 13.0. The number of aromatic nitrogens is 2. The maximum Gasteiger partial charge on any atom is 0.210 e. The van der Waals surface area contributed by atoms with Crippen LogP contribution in [-0.2, 0) is 0 Å². The smallest absolute Gasteiger partial charge is 0.210 e. The highest BCUT2D eigenvalue weighted by Crippen LogP contribution is 2.38. The SMILES string of the molecule is COc1ccccc1Nc1nnc(S[C@H](C)c2ccc(F)cc2)s1. The van der Waals surface area contributed by atoms with Crippen molar-refractivity contribution in [1.82, 2.24) is 10.2 Å². The minimum Gasteiger partial charge on any atom is -0.495 e. The molecule has 1 aromatic heterocycles. The van der Waals surface area contributed by atoms with Crippen LogP contribution in [0.5, 0.6) is 5.75 Å². The van der Waals surface area contributed by atoms with E-state index >= 15 is 0 Å². The number of rotatable bonds is 6. The Bertz CT molecular complexity index is 808. The number of nitrogens with zero attached hydrogens (tertiary/aromatic N) is 2. The Balaban J connectivity index is 1.68. The quantitative estimate of drug-likeness (QED) is 0.605. The summed E-state index contributed by atoms with van der Waals surface area (Å²) in [5.74, 6) is 0.525. The molecule has 1 heterocycles. The van der Waals surface area contributed by atoms with Crippen molar-refractivity contribution >= 4 is 33.9 Å². The maximum atomic E-state index is 13.0. The Labute approximate surface area is 148 Å². The second-order valence-corrected chi connectivity index (χ2v) is 7.58. The van der Waals surface area contributed by atoms with Crippen molar-refractivity contribution in [3.8, 4) is 5.75 Å². The average Bonchev–Trinajstić information content (AvgIpc) is 3.03. The van der Waals surface area contributed by atoms with Crippen LogP contribution < -0.4 is 10.1 Å². The molecule has 4 nitrogen and oxygen atoms in total. The summed E-state index contributed by atoms with van der Waals surface area (Å²) in [6, 6.07) is 14.2. The van der Waals surface area contributed by atoms with E-state index in [1.54, 1.807) is 31.0 Å². The largest absolute Gasteiger partial charge is 0.495 e. The number of halogens is 1. The summed E-state index contributed by atoms with van der Waals surface area (Å²) in [6.45, 7) is 2.06. The lowest BCUT2D eigenvalue weighted by Crippen LogP contribution is -1.93. The molecule has 0 radical (unpaired) electrons. The summed E-state index contributed by atoms with van der Waals surface area (Å²) in [5.41, 5.74) is 1.90. The fourth-order valence-corrected chi connectivity index (χ4v) is 4.16. The second-order valence-electron chi connectivity index (χ2n) is 5.01. The Morgan fingerprint density at radius 1 is 1.12 bits per heavy atom. The molecular formula is C17H16FN3OS2. The van der Waals surface area contributed by atoms with Crippen LogP contribution in [0.4, 0.5) is 15.2 Å². The van der Waals surface area contributed by atoms with Crippen molar-refractivity contribution in [3.63, 3.8) is 0 Å². The monoisotopic (exact) mass is 361 g/mol. The van der Waals surface area contributed by atoms with Gasteiger partial charge in [-0.2, -0.15) is 0 Å². The molecule has 1 N–H and O–H groups in total. The van der Waals surface area contributed by atoms with Gasteiger partial charge in [-0.15, -0.1) is 10.2 Å².